The summed E-state index contributed by atoms with van der Waals surface area (Å²) >= 11 is 0. The molecule has 0 N–H and O–H groups in total. The quantitative estimate of drug-likeness (QED) is 0.799. The Bertz CT molecular complexity index is 536. The first-order chi connectivity index (χ1) is 8.86. The third-order valence-electron chi connectivity index (χ3n) is 3.42. The molecule has 0 amide bonds. The zero-order valence-corrected chi connectivity index (χ0v) is 10.1. The zero-order chi connectivity index (χ0) is 12.4. The van der Waals surface area contributed by atoms with Gasteiger partial charge >= 0.3 is 0 Å². The highest BCUT2D eigenvalue weighted by molar-refractivity contribution is 5.92. The van der Waals surface area contributed by atoms with Crippen LogP contribution in [0.15, 0.2) is 60.7 Å². The van der Waals surface area contributed by atoms with Gasteiger partial charge in [-0.2, -0.15) is 0 Å². The third kappa shape index (κ3) is 1.90. The molecule has 0 aliphatic carbocycles. The minimum absolute atomic E-state index is 0.117. The van der Waals surface area contributed by atoms with E-state index in [1.165, 1.54) is 0 Å². The second-order valence-corrected chi connectivity index (χ2v) is 4.56. The van der Waals surface area contributed by atoms with Crippen molar-refractivity contribution in [3.05, 3.63) is 66.2 Å². The average Bonchev–Trinajstić information content (AvgIpc) is 2.83. The normalized spacial score (nSPS) is 19.2. The van der Waals surface area contributed by atoms with Crippen LogP contribution in [0.2, 0.25) is 0 Å². The predicted molar refractivity (Wildman–Crippen MR) is 72.6 cm³/mol. The number of benzene rings is 2. The van der Waals surface area contributed by atoms with E-state index in [-0.39, 0.29) is 6.04 Å². The summed E-state index contributed by atoms with van der Waals surface area (Å²) in [5.41, 5.74) is 2.21. The molecule has 0 saturated carbocycles. The Morgan fingerprint density at radius 1 is 0.889 bits per heavy atom. The molecule has 1 saturated heterocycles. The van der Waals surface area contributed by atoms with Gasteiger partial charge in [0.25, 0.3) is 0 Å². The predicted octanol–water partition coefficient (Wildman–Crippen LogP) is 3.21. The molecule has 90 valence electrons. The van der Waals surface area contributed by atoms with Gasteiger partial charge in [0, 0.05) is 18.7 Å². The van der Waals surface area contributed by atoms with Crippen molar-refractivity contribution in [2.45, 2.75) is 12.5 Å². The highest BCUT2D eigenvalue weighted by Crippen LogP contribution is 2.33. The van der Waals surface area contributed by atoms with Gasteiger partial charge in [0.1, 0.15) is 6.04 Å². The molecule has 2 nitrogen and oxygen atoms in total. The molecule has 1 aliphatic heterocycles. The van der Waals surface area contributed by atoms with E-state index >= 15 is 0 Å². The SMILES string of the molecule is O=C1CCN(c2ccccc2)C1c1ccccc1. The van der Waals surface area contributed by atoms with Crippen LogP contribution in [0, 0.1) is 0 Å². The van der Waals surface area contributed by atoms with Crippen molar-refractivity contribution in [3.8, 4) is 0 Å². The first-order valence-electron chi connectivity index (χ1n) is 6.25. The number of anilines is 1. The molecule has 2 heteroatoms. The molecule has 1 heterocycles. The van der Waals surface area contributed by atoms with Gasteiger partial charge in [-0.25, -0.2) is 0 Å². The van der Waals surface area contributed by atoms with Crippen LogP contribution in [0.5, 0.6) is 0 Å². The monoisotopic (exact) mass is 237 g/mol. The first-order valence-corrected chi connectivity index (χ1v) is 6.25. The van der Waals surface area contributed by atoms with Crippen molar-refractivity contribution >= 4 is 11.5 Å². The first kappa shape index (κ1) is 11.0. The van der Waals surface area contributed by atoms with Crippen LogP contribution >= 0.6 is 0 Å². The number of ketones is 1. The summed E-state index contributed by atoms with van der Waals surface area (Å²) in [7, 11) is 0. The molecule has 2 aromatic rings. The van der Waals surface area contributed by atoms with Gasteiger partial charge in [0.15, 0.2) is 5.78 Å². The molecule has 1 unspecified atom stereocenters. The van der Waals surface area contributed by atoms with Gasteiger partial charge < -0.3 is 4.90 Å². The average molecular weight is 237 g/mol. The van der Waals surface area contributed by atoms with E-state index in [4.69, 9.17) is 0 Å². The molecule has 0 bridgehead atoms. The number of carbonyl (C=O) groups is 1. The van der Waals surface area contributed by atoms with E-state index in [1.54, 1.807) is 0 Å². The van der Waals surface area contributed by atoms with Crippen molar-refractivity contribution in [3.63, 3.8) is 0 Å². The van der Waals surface area contributed by atoms with Gasteiger partial charge in [-0.1, -0.05) is 48.5 Å². The number of nitrogens with zero attached hydrogens (tertiary/aromatic N) is 1. The molecular weight excluding hydrogens is 222 g/mol. The molecule has 1 atom stereocenters. The summed E-state index contributed by atoms with van der Waals surface area (Å²) in [6, 6.07) is 20.1. The molecule has 3 rings (SSSR count). The molecule has 0 aromatic heterocycles. The lowest BCUT2D eigenvalue weighted by molar-refractivity contribution is -0.118. The lowest BCUT2D eigenvalue weighted by Crippen LogP contribution is -2.25. The number of hydrogen-bond acceptors (Lipinski definition) is 2. The number of rotatable bonds is 2. The molecule has 0 radical (unpaired) electrons. The van der Waals surface area contributed by atoms with E-state index in [0.717, 1.165) is 17.8 Å². The second-order valence-electron chi connectivity index (χ2n) is 4.56. The molecule has 18 heavy (non-hydrogen) atoms. The standard InChI is InChI=1S/C16H15NO/c18-15-11-12-17(14-9-5-2-6-10-14)16(15)13-7-3-1-4-8-13/h1-10,16H,11-12H2. The van der Waals surface area contributed by atoms with E-state index in [2.05, 4.69) is 17.0 Å². The maximum absolute atomic E-state index is 12.1. The fraction of sp³-hybridized carbons (Fsp3) is 0.188. The van der Waals surface area contributed by atoms with Crippen LogP contribution in [0.4, 0.5) is 5.69 Å². The number of hydrogen-bond donors (Lipinski definition) is 0. The van der Waals surface area contributed by atoms with Gasteiger partial charge in [-0.05, 0) is 17.7 Å². The van der Waals surface area contributed by atoms with E-state index in [9.17, 15) is 4.79 Å². The fourth-order valence-electron chi connectivity index (χ4n) is 2.57. The summed E-state index contributed by atoms with van der Waals surface area (Å²) in [5.74, 6) is 0.310. The smallest absolute Gasteiger partial charge is 0.161 e. The summed E-state index contributed by atoms with van der Waals surface area (Å²) < 4.78 is 0. The highest BCUT2D eigenvalue weighted by Gasteiger charge is 2.33. The largest absolute Gasteiger partial charge is 0.357 e. The molecule has 1 fully saturated rings. The Kier molecular flexibility index (Phi) is 2.85. The maximum Gasteiger partial charge on any atom is 0.161 e. The highest BCUT2D eigenvalue weighted by atomic mass is 16.1. The van der Waals surface area contributed by atoms with Crippen LogP contribution in [0.1, 0.15) is 18.0 Å². The Balaban J connectivity index is 1.98. The Morgan fingerprint density at radius 3 is 2.17 bits per heavy atom. The van der Waals surface area contributed by atoms with Crippen molar-refractivity contribution in [2.24, 2.45) is 0 Å². The van der Waals surface area contributed by atoms with Crippen molar-refractivity contribution in [1.82, 2.24) is 0 Å². The van der Waals surface area contributed by atoms with Crippen molar-refractivity contribution in [1.29, 1.82) is 0 Å². The Labute approximate surface area is 107 Å². The number of para-hydroxylation sites is 1. The van der Waals surface area contributed by atoms with Gasteiger partial charge in [0.05, 0.1) is 0 Å². The van der Waals surface area contributed by atoms with Crippen LogP contribution in [0.25, 0.3) is 0 Å². The topological polar surface area (TPSA) is 20.3 Å². The molecular formula is C16H15NO. The van der Waals surface area contributed by atoms with Gasteiger partial charge in [-0.3, -0.25) is 4.79 Å². The van der Waals surface area contributed by atoms with Gasteiger partial charge in [0.2, 0.25) is 0 Å². The molecule has 2 aromatic carbocycles. The van der Waals surface area contributed by atoms with Crippen LogP contribution in [-0.2, 0) is 4.79 Å². The maximum atomic E-state index is 12.1. The Hall–Kier alpha value is -2.09. The summed E-state index contributed by atoms with van der Waals surface area (Å²) in [4.78, 5) is 14.3. The van der Waals surface area contributed by atoms with E-state index < -0.39 is 0 Å². The molecule has 0 spiro atoms. The lowest BCUT2D eigenvalue weighted by Gasteiger charge is -2.25. The number of carbonyl (C=O) groups excluding carboxylic acids is 1. The van der Waals surface area contributed by atoms with E-state index in [1.807, 2.05) is 48.5 Å². The summed E-state index contributed by atoms with van der Waals surface area (Å²) in [6.45, 7) is 0.808. The molecule has 1 aliphatic rings. The Morgan fingerprint density at radius 2 is 1.50 bits per heavy atom. The van der Waals surface area contributed by atoms with Crippen molar-refractivity contribution < 1.29 is 4.79 Å². The van der Waals surface area contributed by atoms with Gasteiger partial charge in [-0.15, -0.1) is 0 Å². The summed E-state index contributed by atoms with van der Waals surface area (Å²) in [5, 5.41) is 0. The summed E-state index contributed by atoms with van der Waals surface area (Å²) in [6.07, 6.45) is 0.633. The second kappa shape index (κ2) is 4.65. The van der Waals surface area contributed by atoms with Crippen LogP contribution < -0.4 is 4.90 Å². The van der Waals surface area contributed by atoms with Crippen LogP contribution in [0.3, 0.4) is 0 Å². The van der Waals surface area contributed by atoms with Crippen LogP contribution in [-0.4, -0.2) is 12.3 Å². The fourth-order valence-corrected chi connectivity index (χ4v) is 2.57. The minimum Gasteiger partial charge on any atom is -0.357 e. The lowest BCUT2D eigenvalue weighted by atomic mass is 10.0. The zero-order valence-electron chi connectivity index (χ0n) is 10.1. The number of Topliss-reactive ketones (excluding diaryl/α,β-unsaturated/α-hetero) is 1. The minimum atomic E-state index is -0.117. The third-order valence-corrected chi connectivity index (χ3v) is 3.42. The van der Waals surface area contributed by atoms with E-state index in [0.29, 0.717) is 12.2 Å². The van der Waals surface area contributed by atoms with Crippen molar-refractivity contribution in [2.75, 3.05) is 11.4 Å².